The lowest BCUT2D eigenvalue weighted by atomic mass is 9.87. The molecule has 1 N–H and O–H groups in total. The fraction of sp³-hybridized carbons (Fsp3) is 0.294. The van der Waals surface area contributed by atoms with Crippen LogP contribution in [0.1, 0.15) is 42.4 Å². The van der Waals surface area contributed by atoms with Crippen LogP contribution in [0.2, 0.25) is 5.02 Å². The monoisotopic (exact) mass is 350 g/mol. The fourth-order valence-electron chi connectivity index (χ4n) is 2.52. The van der Waals surface area contributed by atoms with Gasteiger partial charge >= 0.3 is 0 Å². The summed E-state index contributed by atoms with van der Waals surface area (Å²) in [7, 11) is 0. The standard InChI is InChI=1S/C17H16BrClO/c1-17(20,15-10-14(18)8-9-16(15)19)13-6-4-12(5-7-13)11-2-3-11/h4-11,20H,2-3H2,1H3. The predicted octanol–water partition coefficient (Wildman–Crippen LogP) is 5.24. The van der Waals surface area contributed by atoms with E-state index in [1.54, 1.807) is 13.0 Å². The molecule has 0 spiro atoms. The van der Waals surface area contributed by atoms with Gasteiger partial charge in [0.05, 0.1) is 0 Å². The van der Waals surface area contributed by atoms with Crippen molar-refractivity contribution in [2.45, 2.75) is 31.3 Å². The van der Waals surface area contributed by atoms with Crippen LogP contribution in [0.5, 0.6) is 0 Å². The largest absolute Gasteiger partial charge is 0.381 e. The summed E-state index contributed by atoms with van der Waals surface area (Å²) < 4.78 is 0.909. The molecule has 20 heavy (non-hydrogen) atoms. The van der Waals surface area contributed by atoms with E-state index in [2.05, 4.69) is 28.1 Å². The Balaban J connectivity index is 1.99. The first-order valence-electron chi connectivity index (χ1n) is 6.77. The lowest BCUT2D eigenvalue weighted by Gasteiger charge is -2.26. The van der Waals surface area contributed by atoms with Crippen molar-refractivity contribution in [3.8, 4) is 0 Å². The molecule has 1 unspecified atom stereocenters. The maximum absolute atomic E-state index is 10.9. The van der Waals surface area contributed by atoms with Gasteiger partial charge in [-0.3, -0.25) is 0 Å². The van der Waals surface area contributed by atoms with Crippen molar-refractivity contribution in [1.82, 2.24) is 0 Å². The van der Waals surface area contributed by atoms with E-state index in [0.29, 0.717) is 10.6 Å². The molecule has 1 atom stereocenters. The molecule has 0 heterocycles. The molecule has 0 radical (unpaired) electrons. The van der Waals surface area contributed by atoms with Crippen LogP contribution in [-0.2, 0) is 5.60 Å². The zero-order chi connectivity index (χ0) is 14.3. The van der Waals surface area contributed by atoms with Gasteiger partial charge in [-0.2, -0.15) is 0 Å². The molecule has 0 bridgehead atoms. The van der Waals surface area contributed by atoms with E-state index in [4.69, 9.17) is 11.6 Å². The van der Waals surface area contributed by atoms with E-state index in [0.717, 1.165) is 16.0 Å². The summed E-state index contributed by atoms with van der Waals surface area (Å²) in [6, 6.07) is 13.8. The molecule has 1 fully saturated rings. The number of rotatable bonds is 3. The second-order valence-corrected chi connectivity index (χ2v) is 6.92. The van der Waals surface area contributed by atoms with E-state index in [1.807, 2.05) is 24.3 Å². The average molecular weight is 352 g/mol. The molecular weight excluding hydrogens is 336 g/mol. The van der Waals surface area contributed by atoms with Gasteiger partial charge in [0, 0.05) is 15.1 Å². The maximum Gasteiger partial charge on any atom is 0.113 e. The van der Waals surface area contributed by atoms with Crippen LogP contribution >= 0.6 is 27.5 Å². The molecule has 104 valence electrons. The third kappa shape index (κ3) is 2.65. The van der Waals surface area contributed by atoms with Crippen LogP contribution in [0.3, 0.4) is 0 Å². The first-order chi connectivity index (χ1) is 9.48. The van der Waals surface area contributed by atoms with Crippen LogP contribution < -0.4 is 0 Å². The Morgan fingerprint density at radius 3 is 2.40 bits per heavy atom. The molecule has 3 heteroatoms. The quantitative estimate of drug-likeness (QED) is 0.802. The van der Waals surface area contributed by atoms with Crippen molar-refractivity contribution < 1.29 is 5.11 Å². The van der Waals surface area contributed by atoms with Gasteiger partial charge in [0.2, 0.25) is 0 Å². The van der Waals surface area contributed by atoms with Gasteiger partial charge in [-0.1, -0.05) is 51.8 Å². The van der Waals surface area contributed by atoms with E-state index in [-0.39, 0.29) is 0 Å². The van der Waals surface area contributed by atoms with Gasteiger partial charge in [0.15, 0.2) is 0 Å². The minimum Gasteiger partial charge on any atom is -0.381 e. The van der Waals surface area contributed by atoms with Gasteiger partial charge in [0.25, 0.3) is 0 Å². The molecule has 0 saturated heterocycles. The summed E-state index contributed by atoms with van der Waals surface area (Å²) in [5.74, 6) is 0.725. The number of halogens is 2. The maximum atomic E-state index is 10.9. The highest BCUT2D eigenvalue weighted by molar-refractivity contribution is 9.10. The zero-order valence-corrected chi connectivity index (χ0v) is 13.6. The summed E-state index contributed by atoms with van der Waals surface area (Å²) in [4.78, 5) is 0. The summed E-state index contributed by atoms with van der Waals surface area (Å²) in [5.41, 5.74) is 1.85. The Morgan fingerprint density at radius 1 is 1.15 bits per heavy atom. The van der Waals surface area contributed by atoms with Crippen LogP contribution in [-0.4, -0.2) is 5.11 Å². The minimum atomic E-state index is -1.09. The Morgan fingerprint density at radius 2 is 1.80 bits per heavy atom. The average Bonchev–Trinajstić information content (AvgIpc) is 3.26. The van der Waals surface area contributed by atoms with Crippen LogP contribution in [0.25, 0.3) is 0 Å². The van der Waals surface area contributed by atoms with Crippen LogP contribution in [0, 0.1) is 0 Å². The van der Waals surface area contributed by atoms with Crippen molar-refractivity contribution in [3.05, 3.63) is 68.7 Å². The Kier molecular flexibility index (Phi) is 3.65. The third-order valence-corrected chi connectivity index (χ3v) is 4.80. The normalized spacial score (nSPS) is 17.8. The topological polar surface area (TPSA) is 20.2 Å². The zero-order valence-electron chi connectivity index (χ0n) is 11.2. The second-order valence-electron chi connectivity index (χ2n) is 5.59. The van der Waals surface area contributed by atoms with E-state index in [1.165, 1.54) is 18.4 Å². The van der Waals surface area contributed by atoms with Crippen LogP contribution in [0.15, 0.2) is 46.9 Å². The van der Waals surface area contributed by atoms with E-state index >= 15 is 0 Å². The van der Waals surface area contributed by atoms with Gasteiger partial charge in [-0.05, 0) is 55.0 Å². The first-order valence-corrected chi connectivity index (χ1v) is 7.94. The van der Waals surface area contributed by atoms with Gasteiger partial charge < -0.3 is 5.11 Å². The molecule has 0 aromatic heterocycles. The first kappa shape index (κ1) is 14.1. The van der Waals surface area contributed by atoms with Crippen molar-refractivity contribution >= 4 is 27.5 Å². The second kappa shape index (κ2) is 5.18. The summed E-state index contributed by atoms with van der Waals surface area (Å²) in [6.07, 6.45) is 2.57. The van der Waals surface area contributed by atoms with Crippen molar-refractivity contribution in [2.24, 2.45) is 0 Å². The summed E-state index contributed by atoms with van der Waals surface area (Å²) >= 11 is 9.67. The Bertz CT molecular complexity index is 630. The lowest BCUT2D eigenvalue weighted by Crippen LogP contribution is -2.23. The molecule has 0 amide bonds. The Hall–Kier alpha value is -0.830. The van der Waals surface area contributed by atoms with Gasteiger partial charge in [0.1, 0.15) is 5.60 Å². The summed E-state index contributed by atoms with van der Waals surface area (Å²) in [5, 5.41) is 11.5. The third-order valence-electron chi connectivity index (χ3n) is 3.97. The highest BCUT2D eigenvalue weighted by Gasteiger charge is 2.29. The lowest BCUT2D eigenvalue weighted by molar-refractivity contribution is 0.102. The fourth-order valence-corrected chi connectivity index (χ4v) is 3.19. The molecular formula is C17H16BrClO. The minimum absolute atomic E-state index is 0.574. The van der Waals surface area contributed by atoms with Crippen molar-refractivity contribution in [2.75, 3.05) is 0 Å². The highest BCUT2D eigenvalue weighted by Crippen LogP contribution is 2.41. The van der Waals surface area contributed by atoms with Crippen molar-refractivity contribution in [1.29, 1.82) is 0 Å². The van der Waals surface area contributed by atoms with E-state index in [9.17, 15) is 5.11 Å². The molecule has 0 aliphatic heterocycles. The van der Waals surface area contributed by atoms with E-state index < -0.39 is 5.60 Å². The Labute approximate surface area is 132 Å². The summed E-state index contributed by atoms with van der Waals surface area (Å²) in [6.45, 7) is 1.78. The molecule has 1 aliphatic carbocycles. The van der Waals surface area contributed by atoms with Crippen LogP contribution in [0.4, 0.5) is 0 Å². The number of hydrogen-bond acceptors (Lipinski definition) is 1. The smallest absolute Gasteiger partial charge is 0.113 e. The number of aliphatic hydroxyl groups is 1. The molecule has 1 aliphatic rings. The molecule has 3 rings (SSSR count). The van der Waals surface area contributed by atoms with Gasteiger partial charge in [-0.15, -0.1) is 0 Å². The molecule has 1 saturated carbocycles. The SMILES string of the molecule is CC(O)(c1ccc(C2CC2)cc1)c1cc(Br)ccc1Cl. The van der Waals surface area contributed by atoms with Crippen molar-refractivity contribution in [3.63, 3.8) is 0 Å². The van der Waals surface area contributed by atoms with Gasteiger partial charge in [-0.25, -0.2) is 0 Å². The predicted molar refractivity (Wildman–Crippen MR) is 86.2 cm³/mol. The number of hydrogen-bond donors (Lipinski definition) is 1. The molecule has 2 aromatic carbocycles. The highest BCUT2D eigenvalue weighted by atomic mass is 79.9. The number of benzene rings is 2. The molecule has 2 aromatic rings. The molecule has 1 nitrogen and oxygen atoms in total.